The number of likely N-dealkylation sites (tertiary alicyclic amines) is 1. The highest BCUT2D eigenvalue weighted by atomic mass is 16.5. The molecule has 26 heavy (non-hydrogen) atoms. The summed E-state index contributed by atoms with van der Waals surface area (Å²) in [4.78, 5) is 30.2. The molecule has 7 heteroatoms. The van der Waals surface area contributed by atoms with Crippen LogP contribution in [-0.2, 0) is 17.8 Å². The zero-order valence-electron chi connectivity index (χ0n) is 15.2. The first kappa shape index (κ1) is 18.1. The van der Waals surface area contributed by atoms with Gasteiger partial charge in [0.15, 0.2) is 5.69 Å². The van der Waals surface area contributed by atoms with Crippen molar-refractivity contribution in [1.29, 1.82) is 0 Å². The average molecular weight is 356 g/mol. The molecule has 1 atom stereocenters. The van der Waals surface area contributed by atoms with Crippen molar-refractivity contribution in [2.24, 2.45) is 0 Å². The number of rotatable bonds is 6. The molecule has 3 heterocycles. The van der Waals surface area contributed by atoms with E-state index < -0.39 is 0 Å². The number of carbonyl (C=O) groups excluding carboxylic acids is 2. The molecule has 1 fully saturated rings. The van der Waals surface area contributed by atoms with Gasteiger partial charge in [-0.3, -0.25) is 14.6 Å². The molecule has 1 aliphatic heterocycles. The summed E-state index contributed by atoms with van der Waals surface area (Å²) in [6.07, 6.45) is 5.29. The Balaban J connectivity index is 1.70. The second-order valence-corrected chi connectivity index (χ2v) is 6.59. The van der Waals surface area contributed by atoms with Crippen molar-refractivity contribution in [3.8, 4) is 0 Å². The van der Waals surface area contributed by atoms with E-state index in [1.807, 2.05) is 17.0 Å². The lowest BCUT2D eigenvalue weighted by atomic mass is 10.1. The number of aryl methyl sites for hydroxylation is 1. The van der Waals surface area contributed by atoms with E-state index in [1.54, 1.807) is 12.3 Å². The van der Waals surface area contributed by atoms with E-state index in [1.165, 1.54) is 6.92 Å². The average Bonchev–Trinajstić information content (AvgIpc) is 3.30. The Labute approximate surface area is 152 Å². The molecule has 138 valence electrons. The van der Waals surface area contributed by atoms with E-state index in [9.17, 15) is 9.59 Å². The van der Waals surface area contributed by atoms with Gasteiger partial charge in [0.05, 0.1) is 11.7 Å². The maximum Gasteiger partial charge on any atom is 0.276 e. The van der Waals surface area contributed by atoms with Crippen molar-refractivity contribution in [1.82, 2.24) is 20.4 Å². The van der Waals surface area contributed by atoms with Gasteiger partial charge >= 0.3 is 0 Å². The monoisotopic (exact) mass is 356 g/mol. The van der Waals surface area contributed by atoms with Crippen LogP contribution in [-0.4, -0.2) is 33.4 Å². The van der Waals surface area contributed by atoms with Gasteiger partial charge < -0.3 is 14.7 Å². The summed E-state index contributed by atoms with van der Waals surface area (Å²) < 4.78 is 5.24. The maximum atomic E-state index is 12.8. The summed E-state index contributed by atoms with van der Waals surface area (Å²) in [5.41, 5.74) is 2.16. The molecule has 0 unspecified atom stereocenters. The second kappa shape index (κ2) is 8.12. The molecule has 7 nitrogen and oxygen atoms in total. The molecule has 0 bridgehead atoms. The minimum atomic E-state index is -0.109. The zero-order valence-corrected chi connectivity index (χ0v) is 15.2. The predicted octanol–water partition coefficient (Wildman–Crippen LogP) is 2.64. The lowest BCUT2D eigenvalue weighted by Gasteiger charge is -2.23. The smallest absolute Gasteiger partial charge is 0.276 e. The molecule has 0 radical (unpaired) electrons. The van der Waals surface area contributed by atoms with Gasteiger partial charge in [-0.05, 0) is 30.9 Å². The summed E-state index contributed by atoms with van der Waals surface area (Å²) in [5, 5.41) is 6.69. The molecule has 1 aliphatic rings. The summed E-state index contributed by atoms with van der Waals surface area (Å²) in [5.74, 6) is 0.562. The van der Waals surface area contributed by atoms with Crippen molar-refractivity contribution in [3.63, 3.8) is 0 Å². The number of hydrogen-bond donors (Lipinski definition) is 1. The fourth-order valence-electron chi connectivity index (χ4n) is 3.21. The second-order valence-electron chi connectivity index (χ2n) is 6.59. The first-order valence-corrected chi connectivity index (χ1v) is 9.04. The van der Waals surface area contributed by atoms with E-state index in [2.05, 4.69) is 22.4 Å². The summed E-state index contributed by atoms with van der Waals surface area (Å²) in [7, 11) is 0. The van der Waals surface area contributed by atoms with Crippen molar-refractivity contribution >= 4 is 11.8 Å². The van der Waals surface area contributed by atoms with Crippen LogP contribution in [0.1, 0.15) is 66.7 Å². The van der Waals surface area contributed by atoms with Crippen LogP contribution in [0.25, 0.3) is 0 Å². The summed E-state index contributed by atoms with van der Waals surface area (Å²) >= 11 is 0. The molecule has 0 aliphatic carbocycles. The van der Waals surface area contributed by atoms with Gasteiger partial charge in [0.25, 0.3) is 5.91 Å². The SMILES string of the molecule is CCCc1cc(C(=O)N2CCC[C@@H]2c2ccc(CNC(C)=O)cn2)no1. The van der Waals surface area contributed by atoms with Crippen LogP contribution < -0.4 is 5.32 Å². The summed E-state index contributed by atoms with van der Waals surface area (Å²) in [6, 6.07) is 5.56. The Bertz CT molecular complexity index is 769. The van der Waals surface area contributed by atoms with Crippen molar-refractivity contribution in [2.45, 2.75) is 52.1 Å². The van der Waals surface area contributed by atoms with Gasteiger partial charge in [0, 0.05) is 38.7 Å². The van der Waals surface area contributed by atoms with Gasteiger partial charge in [-0.2, -0.15) is 0 Å². The molecule has 1 N–H and O–H groups in total. The fourth-order valence-corrected chi connectivity index (χ4v) is 3.21. The first-order chi connectivity index (χ1) is 12.6. The number of nitrogens with one attached hydrogen (secondary N) is 1. The Hall–Kier alpha value is -2.70. The highest BCUT2D eigenvalue weighted by molar-refractivity contribution is 5.92. The Morgan fingerprint density at radius 1 is 1.38 bits per heavy atom. The molecule has 2 amide bonds. The van der Waals surface area contributed by atoms with Crippen LogP contribution in [0.2, 0.25) is 0 Å². The molecule has 0 saturated carbocycles. The van der Waals surface area contributed by atoms with Gasteiger partial charge in [-0.15, -0.1) is 0 Å². The van der Waals surface area contributed by atoms with E-state index in [4.69, 9.17) is 4.52 Å². The van der Waals surface area contributed by atoms with E-state index in [0.29, 0.717) is 18.8 Å². The zero-order chi connectivity index (χ0) is 18.5. The first-order valence-electron chi connectivity index (χ1n) is 9.04. The Morgan fingerprint density at radius 3 is 2.92 bits per heavy atom. The van der Waals surface area contributed by atoms with Crippen LogP contribution in [0.15, 0.2) is 28.9 Å². The third-order valence-electron chi connectivity index (χ3n) is 4.52. The molecular weight excluding hydrogens is 332 g/mol. The number of pyridine rings is 1. The van der Waals surface area contributed by atoms with Crippen molar-refractivity contribution in [2.75, 3.05) is 6.54 Å². The largest absolute Gasteiger partial charge is 0.361 e. The molecule has 2 aromatic heterocycles. The normalized spacial score (nSPS) is 16.7. The number of carbonyl (C=O) groups is 2. The van der Waals surface area contributed by atoms with E-state index in [-0.39, 0.29) is 17.9 Å². The van der Waals surface area contributed by atoms with Crippen LogP contribution in [0.3, 0.4) is 0 Å². The molecule has 0 aromatic carbocycles. The van der Waals surface area contributed by atoms with E-state index in [0.717, 1.165) is 42.7 Å². The van der Waals surface area contributed by atoms with Crippen LogP contribution >= 0.6 is 0 Å². The quantitative estimate of drug-likeness (QED) is 0.859. The van der Waals surface area contributed by atoms with Gasteiger partial charge in [0.2, 0.25) is 5.91 Å². The van der Waals surface area contributed by atoms with Gasteiger partial charge in [0.1, 0.15) is 5.76 Å². The minimum absolute atomic E-state index is 0.0522. The third-order valence-corrected chi connectivity index (χ3v) is 4.52. The minimum Gasteiger partial charge on any atom is -0.361 e. The fraction of sp³-hybridized carbons (Fsp3) is 0.474. The van der Waals surface area contributed by atoms with Crippen molar-refractivity contribution in [3.05, 3.63) is 47.1 Å². The van der Waals surface area contributed by atoms with Crippen molar-refractivity contribution < 1.29 is 14.1 Å². The number of nitrogens with zero attached hydrogens (tertiary/aromatic N) is 3. The topological polar surface area (TPSA) is 88.3 Å². The van der Waals surface area contributed by atoms with E-state index >= 15 is 0 Å². The Kier molecular flexibility index (Phi) is 5.65. The third kappa shape index (κ3) is 4.09. The van der Waals surface area contributed by atoms with Crippen LogP contribution in [0, 0.1) is 0 Å². The molecular formula is C19H24N4O3. The summed E-state index contributed by atoms with van der Waals surface area (Å²) in [6.45, 7) is 4.69. The molecule has 3 rings (SSSR count). The molecule has 0 spiro atoms. The lowest BCUT2D eigenvalue weighted by Crippen LogP contribution is -2.31. The standard InChI is InChI=1S/C19H24N4O3/c1-3-5-15-10-17(22-26-15)19(25)23-9-4-6-18(23)16-8-7-14(12-21-16)11-20-13(2)24/h7-8,10,12,18H,3-6,9,11H2,1-2H3,(H,20,24)/t18-/m1/s1. The molecule has 1 saturated heterocycles. The van der Waals surface area contributed by atoms with Gasteiger partial charge in [-0.25, -0.2) is 0 Å². The number of aromatic nitrogens is 2. The molecule has 2 aromatic rings. The number of amides is 2. The number of hydrogen-bond acceptors (Lipinski definition) is 5. The van der Waals surface area contributed by atoms with Crippen LogP contribution in [0.4, 0.5) is 0 Å². The predicted molar refractivity (Wildman–Crippen MR) is 95.3 cm³/mol. The maximum absolute atomic E-state index is 12.8. The Morgan fingerprint density at radius 2 is 2.23 bits per heavy atom. The highest BCUT2D eigenvalue weighted by Gasteiger charge is 2.32. The lowest BCUT2D eigenvalue weighted by molar-refractivity contribution is -0.119. The highest BCUT2D eigenvalue weighted by Crippen LogP contribution is 2.32. The van der Waals surface area contributed by atoms with Gasteiger partial charge in [-0.1, -0.05) is 18.1 Å². The van der Waals surface area contributed by atoms with Crippen LogP contribution in [0.5, 0.6) is 0 Å².